The molecular formula is C10H19NO4. The Bertz CT molecular complexity index is 232. The molecule has 5 heteroatoms. The molecule has 2 N–H and O–H groups in total. The van der Waals surface area contributed by atoms with Crippen LogP contribution in [0.4, 0.5) is 0 Å². The Hall–Kier alpha value is -1.10. The number of aliphatic carboxylic acids is 1. The van der Waals surface area contributed by atoms with Gasteiger partial charge in [-0.1, -0.05) is 27.7 Å². The van der Waals surface area contributed by atoms with Crippen LogP contribution in [0, 0.1) is 11.3 Å². The van der Waals surface area contributed by atoms with E-state index in [4.69, 9.17) is 5.11 Å². The van der Waals surface area contributed by atoms with Gasteiger partial charge in [0.05, 0.1) is 0 Å². The van der Waals surface area contributed by atoms with Crippen molar-refractivity contribution in [1.29, 1.82) is 0 Å². The van der Waals surface area contributed by atoms with Crippen molar-refractivity contribution >= 4 is 11.9 Å². The van der Waals surface area contributed by atoms with Crippen LogP contribution in [-0.4, -0.2) is 23.6 Å². The van der Waals surface area contributed by atoms with Crippen molar-refractivity contribution in [3.8, 4) is 0 Å². The Morgan fingerprint density at radius 1 is 1.40 bits per heavy atom. The average molecular weight is 217 g/mol. The summed E-state index contributed by atoms with van der Waals surface area (Å²) in [6.07, 6.45) is 0.323. The van der Waals surface area contributed by atoms with Crippen molar-refractivity contribution in [3.63, 3.8) is 0 Å². The van der Waals surface area contributed by atoms with E-state index >= 15 is 0 Å². The van der Waals surface area contributed by atoms with Crippen molar-refractivity contribution in [2.45, 2.75) is 34.1 Å². The minimum atomic E-state index is -1.11. The molecule has 0 saturated heterocycles. The number of amides is 1. The van der Waals surface area contributed by atoms with Gasteiger partial charge in [-0.05, 0) is 11.3 Å². The SMILES string of the molecule is CC(CC(=O)NOCC(=O)O)C(C)(C)C. The molecule has 0 rings (SSSR count). The fourth-order valence-electron chi connectivity index (χ4n) is 0.804. The van der Waals surface area contributed by atoms with E-state index in [1.165, 1.54) is 0 Å². The number of hydroxylamine groups is 1. The molecule has 15 heavy (non-hydrogen) atoms. The van der Waals surface area contributed by atoms with E-state index in [9.17, 15) is 9.59 Å². The predicted molar refractivity (Wildman–Crippen MR) is 55.0 cm³/mol. The summed E-state index contributed by atoms with van der Waals surface area (Å²) in [5.41, 5.74) is 2.14. The van der Waals surface area contributed by atoms with E-state index in [0.717, 1.165) is 0 Å². The minimum absolute atomic E-state index is 0.0458. The van der Waals surface area contributed by atoms with Gasteiger partial charge in [0.25, 0.3) is 0 Å². The van der Waals surface area contributed by atoms with Crippen LogP contribution >= 0.6 is 0 Å². The van der Waals surface area contributed by atoms with Crippen LogP contribution in [0.5, 0.6) is 0 Å². The van der Waals surface area contributed by atoms with Crippen LogP contribution in [0.1, 0.15) is 34.1 Å². The number of rotatable bonds is 5. The number of carbonyl (C=O) groups excluding carboxylic acids is 1. The van der Waals surface area contributed by atoms with E-state index in [1.807, 2.05) is 27.7 Å². The van der Waals surface area contributed by atoms with Gasteiger partial charge in [-0.3, -0.25) is 9.63 Å². The second-order valence-corrected chi connectivity index (χ2v) is 4.68. The molecule has 0 aliphatic carbocycles. The first-order valence-electron chi connectivity index (χ1n) is 4.86. The molecule has 0 aromatic rings. The first-order valence-corrected chi connectivity index (χ1v) is 4.86. The lowest BCUT2D eigenvalue weighted by molar-refractivity contribution is -0.149. The standard InChI is InChI=1S/C10H19NO4/c1-7(10(2,3)4)5-8(12)11-15-6-9(13)14/h7H,5-6H2,1-4H3,(H,11,12)(H,13,14). The summed E-state index contributed by atoms with van der Waals surface area (Å²) < 4.78 is 0. The summed E-state index contributed by atoms with van der Waals surface area (Å²) in [7, 11) is 0. The van der Waals surface area contributed by atoms with Crippen molar-refractivity contribution in [2.24, 2.45) is 11.3 Å². The number of hydrogen-bond acceptors (Lipinski definition) is 3. The van der Waals surface area contributed by atoms with Crippen molar-refractivity contribution < 1.29 is 19.5 Å². The predicted octanol–water partition coefficient (Wildman–Crippen LogP) is 1.19. The van der Waals surface area contributed by atoms with Crippen molar-refractivity contribution in [3.05, 3.63) is 0 Å². The molecule has 0 aromatic heterocycles. The molecule has 0 aromatic carbocycles. The lowest BCUT2D eigenvalue weighted by Crippen LogP contribution is -2.30. The first-order chi connectivity index (χ1) is 6.73. The Balaban J connectivity index is 3.79. The lowest BCUT2D eigenvalue weighted by Gasteiger charge is -2.26. The molecule has 0 aliphatic heterocycles. The Morgan fingerprint density at radius 3 is 2.33 bits per heavy atom. The van der Waals surface area contributed by atoms with E-state index in [2.05, 4.69) is 10.3 Å². The van der Waals surface area contributed by atoms with Gasteiger partial charge >= 0.3 is 5.97 Å². The molecule has 0 bridgehead atoms. The zero-order chi connectivity index (χ0) is 12.1. The van der Waals surface area contributed by atoms with E-state index in [-0.39, 0.29) is 17.2 Å². The lowest BCUT2D eigenvalue weighted by atomic mass is 9.80. The zero-order valence-corrected chi connectivity index (χ0v) is 9.66. The normalized spacial score (nSPS) is 13.3. The van der Waals surface area contributed by atoms with Crippen LogP contribution in [0.15, 0.2) is 0 Å². The topological polar surface area (TPSA) is 75.6 Å². The summed E-state index contributed by atoms with van der Waals surface area (Å²) in [6.45, 7) is 7.58. The average Bonchev–Trinajstić information content (AvgIpc) is 2.01. The van der Waals surface area contributed by atoms with Crippen LogP contribution in [0.3, 0.4) is 0 Å². The Labute approximate surface area is 89.8 Å². The molecule has 1 amide bonds. The third-order valence-electron chi connectivity index (χ3n) is 2.35. The largest absolute Gasteiger partial charge is 0.479 e. The maximum absolute atomic E-state index is 11.3. The van der Waals surface area contributed by atoms with Gasteiger partial charge in [0, 0.05) is 6.42 Å². The van der Waals surface area contributed by atoms with Crippen LogP contribution in [0.2, 0.25) is 0 Å². The third-order valence-corrected chi connectivity index (χ3v) is 2.35. The number of carbonyl (C=O) groups is 2. The highest BCUT2D eigenvalue weighted by Gasteiger charge is 2.22. The fourth-order valence-corrected chi connectivity index (χ4v) is 0.804. The number of carboxylic acid groups (broad SMARTS) is 1. The summed E-state index contributed by atoms with van der Waals surface area (Å²) in [5, 5.41) is 8.26. The van der Waals surface area contributed by atoms with E-state index in [1.54, 1.807) is 0 Å². The molecule has 1 atom stereocenters. The van der Waals surface area contributed by atoms with Crippen LogP contribution in [0.25, 0.3) is 0 Å². The highest BCUT2D eigenvalue weighted by atomic mass is 16.7. The van der Waals surface area contributed by atoms with Gasteiger partial charge in [0.1, 0.15) is 0 Å². The van der Waals surface area contributed by atoms with Crippen LogP contribution < -0.4 is 5.48 Å². The van der Waals surface area contributed by atoms with Gasteiger partial charge in [-0.15, -0.1) is 0 Å². The number of nitrogens with one attached hydrogen (secondary N) is 1. The van der Waals surface area contributed by atoms with Crippen molar-refractivity contribution in [1.82, 2.24) is 5.48 Å². The monoisotopic (exact) mass is 217 g/mol. The van der Waals surface area contributed by atoms with Gasteiger partial charge in [-0.2, -0.15) is 0 Å². The van der Waals surface area contributed by atoms with E-state index < -0.39 is 12.6 Å². The number of carboxylic acids is 1. The van der Waals surface area contributed by atoms with Gasteiger partial charge < -0.3 is 5.11 Å². The maximum atomic E-state index is 11.3. The Kier molecular flexibility index (Phi) is 5.28. The second-order valence-electron chi connectivity index (χ2n) is 4.68. The molecule has 5 nitrogen and oxygen atoms in total. The highest BCUT2D eigenvalue weighted by molar-refractivity contribution is 5.75. The fraction of sp³-hybridized carbons (Fsp3) is 0.800. The molecule has 0 radical (unpaired) electrons. The minimum Gasteiger partial charge on any atom is -0.479 e. The number of hydrogen-bond donors (Lipinski definition) is 2. The summed E-state index contributed by atoms with van der Waals surface area (Å²) in [5.74, 6) is -1.20. The molecule has 0 saturated carbocycles. The van der Waals surface area contributed by atoms with Crippen molar-refractivity contribution in [2.75, 3.05) is 6.61 Å². The third kappa shape index (κ3) is 6.90. The maximum Gasteiger partial charge on any atom is 0.332 e. The molecule has 0 aliphatic rings. The first kappa shape index (κ1) is 13.9. The Morgan fingerprint density at radius 2 is 1.93 bits per heavy atom. The molecule has 0 heterocycles. The second kappa shape index (κ2) is 5.70. The molecule has 1 unspecified atom stereocenters. The summed E-state index contributed by atoms with van der Waals surface area (Å²) >= 11 is 0. The van der Waals surface area contributed by atoms with Crippen LogP contribution in [-0.2, 0) is 14.4 Å². The molecule has 0 spiro atoms. The van der Waals surface area contributed by atoms with Gasteiger partial charge in [-0.25, -0.2) is 10.3 Å². The smallest absolute Gasteiger partial charge is 0.332 e. The molecule has 88 valence electrons. The zero-order valence-electron chi connectivity index (χ0n) is 9.66. The summed E-state index contributed by atoms with van der Waals surface area (Å²) in [4.78, 5) is 25.8. The van der Waals surface area contributed by atoms with Gasteiger partial charge in [0.2, 0.25) is 5.91 Å². The molecule has 0 fully saturated rings. The van der Waals surface area contributed by atoms with E-state index in [0.29, 0.717) is 6.42 Å². The summed E-state index contributed by atoms with van der Waals surface area (Å²) in [6, 6.07) is 0. The quantitative estimate of drug-likeness (QED) is 0.678. The molecular weight excluding hydrogens is 198 g/mol. The highest BCUT2D eigenvalue weighted by Crippen LogP contribution is 2.27. The van der Waals surface area contributed by atoms with Gasteiger partial charge in [0.15, 0.2) is 6.61 Å².